The van der Waals surface area contributed by atoms with Crippen LogP contribution in [0.3, 0.4) is 0 Å². The summed E-state index contributed by atoms with van der Waals surface area (Å²) in [7, 11) is 0. The lowest BCUT2D eigenvalue weighted by Crippen LogP contribution is -2.25. The van der Waals surface area contributed by atoms with Crippen LogP contribution in [0.1, 0.15) is 29.2 Å². The zero-order valence-corrected chi connectivity index (χ0v) is 17.4. The largest absolute Gasteiger partial charge is 0.503 e. The zero-order valence-electron chi connectivity index (χ0n) is 15.8. The SMILES string of the molecule is CCOc1cc(/C=N\NC(=O)COc2c(C)ccc(C)c2C)cc(Br)c1O. The third kappa shape index (κ3) is 5.47. The van der Waals surface area contributed by atoms with Gasteiger partial charge in [0, 0.05) is 0 Å². The van der Waals surface area contributed by atoms with E-state index in [-0.39, 0.29) is 18.3 Å². The molecule has 0 radical (unpaired) electrons. The molecule has 7 heteroatoms. The molecule has 0 aromatic heterocycles. The maximum Gasteiger partial charge on any atom is 0.277 e. The summed E-state index contributed by atoms with van der Waals surface area (Å²) in [6, 6.07) is 7.29. The van der Waals surface area contributed by atoms with E-state index in [4.69, 9.17) is 9.47 Å². The molecular formula is C20H23BrN2O4. The number of hydrazone groups is 1. The minimum Gasteiger partial charge on any atom is -0.503 e. The third-order valence-corrected chi connectivity index (χ3v) is 4.58. The van der Waals surface area contributed by atoms with Crippen LogP contribution in [-0.2, 0) is 4.79 Å². The summed E-state index contributed by atoms with van der Waals surface area (Å²) in [4.78, 5) is 12.0. The van der Waals surface area contributed by atoms with Crippen molar-refractivity contribution in [3.63, 3.8) is 0 Å². The predicted octanol–water partition coefficient (Wildman–Crippen LogP) is 4.01. The fourth-order valence-corrected chi connectivity index (χ4v) is 2.89. The summed E-state index contributed by atoms with van der Waals surface area (Å²) in [5.74, 6) is 0.719. The molecule has 0 fully saturated rings. The Hall–Kier alpha value is -2.54. The van der Waals surface area contributed by atoms with E-state index in [9.17, 15) is 9.90 Å². The number of aryl methyl sites for hydroxylation is 2. The Kier molecular flexibility index (Phi) is 7.24. The van der Waals surface area contributed by atoms with Gasteiger partial charge in [-0.15, -0.1) is 0 Å². The number of carbonyl (C=O) groups is 1. The fraction of sp³-hybridized carbons (Fsp3) is 0.300. The first-order chi connectivity index (χ1) is 12.8. The summed E-state index contributed by atoms with van der Waals surface area (Å²) in [5.41, 5.74) is 6.19. The van der Waals surface area contributed by atoms with Gasteiger partial charge in [0.1, 0.15) is 5.75 Å². The molecule has 0 saturated heterocycles. The minimum absolute atomic E-state index is 0.0235. The molecule has 0 aliphatic carbocycles. The van der Waals surface area contributed by atoms with E-state index in [0.29, 0.717) is 22.4 Å². The second-order valence-electron chi connectivity index (χ2n) is 6.02. The van der Waals surface area contributed by atoms with Crippen LogP contribution in [0.15, 0.2) is 33.8 Å². The average Bonchev–Trinajstić information content (AvgIpc) is 2.62. The van der Waals surface area contributed by atoms with E-state index >= 15 is 0 Å². The fourth-order valence-electron chi connectivity index (χ4n) is 2.43. The Morgan fingerprint density at radius 2 is 1.93 bits per heavy atom. The maximum atomic E-state index is 12.0. The summed E-state index contributed by atoms with van der Waals surface area (Å²) in [6.07, 6.45) is 1.47. The molecular weight excluding hydrogens is 412 g/mol. The molecule has 0 heterocycles. The van der Waals surface area contributed by atoms with Crippen molar-refractivity contribution in [2.24, 2.45) is 5.10 Å². The van der Waals surface area contributed by atoms with Crippen molar-refractivity contribution in [2.75, 3.05) is 13.2 Å². The molecule has 0 spiro atoms. The van der Waals surface area contributed by atoms with Gasteiger partial charge in [0.2, 0.25) is 0 Å². The number of hydrogen-bond donors (Lipinski definition) is 2. The Balaban J connectivity index is 1.97. The maximum absolute atomic E-state index is 12.0. The van der Waals surface area contributed by atoms with Crippen molar-refractivity contribution in [1.29, 1.82) is 0 Å². The van der Waals surface area contributed by atoms with E-state index in [1.165, 1.54) is 6.21 Å². The Morgan fingerprint density at radius 1 is 1.22 bits per heavy atom. The van der Waals surface area contributed by atoms with Gasteiger partial charge in [-0.2, -0.15) is 5.10 Å². The number of ether oxygens (including phenoxy) is 2. The van der Waals surface area contributed by atoms with Crippen LogP contribution in [-0.4, -0.2) is 30.4 Å². The number of nitrogens with one attached hydrogen (secondary N) is 1. The lowest BCUT2D eigenvalue weighted by molar-refractivity contribution is -0.123. The highest BCUT2D eigenvalue weighted by Gasteiger charge is 2.10. The summed E-state index contributed by atoms with van der Waals surface area (Å²) in [5, 5.41) is 13.8. The molecule has 27 heavy (non-hydrogen) atoms. The van der Waals surface area contributed by atoms with Crippen LogP contribution >= 0.6 is 15.9 Å². The normalized spacial score (nSPS) is 10.9. The van der Waals surface area contributed by atoms with Crippen LogP contribution in [0.2, 0.25) is 0 Å². The summed E-state index contributed by atoms with van der Waals surface area (Å²) >= 11 is 3.26. The molecule has 6 nitrogen and oxygen atoms in total. The number of nitrogens with zero attached hydrogens (tertiary/aromatic N) is 1. The van der Waals surface area contributed by atoms with E-state index in [0.717, 1.165) is 22.4 Å². The zero-order chi connectivity index (χ0) is 20.0. The van der Waals surface area contributed by atoms with Crippen molar-refractivity contribution in [2.45, 2.75) is 27.7 Å². The van der Waals surface area contributed by atoms with Crippen LogP contribution < -0.4 is 14.9 Å². The minimum atomic E-state index is -0.366. The number of rotatable bonds is 7. The first-order valence-corrected chi connectivity index (χ1v) is 9.29. The molecule has 0 unspecified atom stereocenters. The predicted molar refractivity (Wildman–Crippen MR) is 109 cm³/mol. The van der Waals surface area contributed by atoms with E-state index in [1.807, 2.05) is 39.8 Å². The van der Waals surface area contributed by atoms with Gasteiger partial charge >= 0.3 is 0 Å². The topological polar surface area (TPSA) is 80.2 Å². The molecule has 144 valence electrons. The number of phenols is 1. The van der Waals surface area contributed by atoms with Gasteiger partial charge in [-0.25, -0.2) is 5.43 Å². The summed E-state index contributed by atoms with van der Waals surface area (Å²) < 4.78 is 11.5. The molecule has 0 bridgehead atoms. The van der Waals surface area contributed by atoms with Crippen molar-refractivity contribution in [1.82, 2.24) is 5.43 Å². The number of phenolic OH excluding ortho intramolecular Hbond substituents is 1. The Labute approximate surface area is 167 Å². The van der Waals surface area contributed by atoms with E-state index in [2.05, 4.69) is 26.5 Å². The monoisotopic (exact) mass is 434 g/mol. The molecule has 0 aliphatic heterocycles. The van der Waals surface area contributed by atoms with E-state index < -0.39 is 0 Å². The molecule has 0 aliphatic rings. The number of carbonyl (C=O) groups excluding carboxylic acids is 1. The number of halogens is 1. The highest BCUT2D eigenvalue weighted by Crippen LogP contribution is 2.35. The lowest BCUT2D eigenvalue weighted by Gasteiger charge is -2.13. The van der Waals surface area contributed by atoms with Gasteiger partial charge in [-0.05, 0) is 78.0 Å². The standard InChI is InChI=1S/C20H23BrN2O4/c1-5-26-17-9-15(8-16(21)19(17)25)10-22-23-18(24)11-27-20-13(3)7-6-12(2)14(20)4/h6-10,25H,5,11H2,1-4H3,(H,23,24)/b22-10-. The number of amides is 1. The van der Waals surface area contributed by atoms with Gasteiger partial charge in [0.15, 0.2) is 18.1 Å². The third-order valence-electron chi connectivity index (χ3n) is 3.97. The number of hydrogen-bond acceptors (Lipinski definition) is 5. The van der Waals surface area contributed by atoms with Crippen LogP contribution in [0.25, 0.3) is 0 Å². The highest BCUT2D eigenvalue weighted by atomic mass is 79.9. The Morgan fingerprint density at radius 3 is 2.63 bits per heavy atom. The first kappa shape index (κ1) is 20.8. The summed E-state index contributed by atoms with van der Waals surface area (Å²) in [6.45, 7) is 8.02. The van der Waals surface area contributed by atoms with Gasteiger partial charge < -0.3 is 14.6 Å². The Bertz CT molecular complexity index is 866. The van der Waals surface area contributed by atoms with Crippen molar-refractivity contribution in [3.05, 3.63) is 51.0 Å². The van der Waals surface area contributed by atoms with Gasteiger partial charge in [0.05, 0.1) is 17.3 Å². The van der Waals surface area contributed by atoms with Crippen LogP contribution in [0.4, 0.5) is 0 Å². The molecule has 2 N–H and O–H groups in total. The number of aromatic hydroxyl groups is 1. The molecule has 0 atom stereocenters. The number of benzene rings is 2. The van der Waals surface area contributed by atoms with Crippen molar-refractivity contribution >= 4 is 28.1 Å². The lowest BCUT2D eigenvalue weighted by atomic mass is 10.1. The van der Waals surface area contributed by atoms with Gasteiger partial charge in [-0.3, -0.25) is 4.79 Å². The molecule has 2 aromatic carbocycles. The highest BCUT2D eigenvalue weighted by molar-refractivity contribution is 9.10. The van der Waals surface area contributed by atoms with Gasteiger partial charge in [0.25, 0.3) is 5.91 Å². The molecule has 1 amide bonds. The molecule has 2 aromatic rings. The second kappa shape index (κ2) is 9.41. The average molecular weight is 435 g/mol. The van der Waals surface area contributed by atoms with Crippen molar-refractivity contribution in [3.8, 4) is 17.2 Å². The first-order valence-electron chi connectivity index (χ1n) is 8.50. The molecule has 0 saturated carbocycles. The van der Waals surface area contributed by atoms with Crippen LogP contribution in [0.5, 0.6) is 17.2 Å². The quantitative estimate of drug-likeness (QED) is 0.509. The molecule has 2 rings (SSSR count). The van der Waals surface area contributed by atoms with Crippen molar-refractivity contribution < 1.29 is 19.4 Å². The van der Waals surface area contributed by atoms with E-state index in [1.54, 1.807) is 12.1 Å². The van der Waals surface area contributed by atoms with Crippen LogP contribution in [0, 0.1) is 20.8 Å². The second-order valence-corrected chi connectivity index (χ2v) is 6.87. The smallest absolute Gasteiger partial charge is 0.277 e. The van der Waals surface area contributed by atoms with Gasteiger partial charge in [-0.1, -0.05) is 12.1 Å².